The van der Waals surface area contributed by atoms with Crippen LogP contribution in [0.25, 0.3) is 0 Å². The topological polar surface area (TPSA) is 79.9 Å². The summed E-state index contributed by atoms with van der Waals surface area (Å²) < 4.78 is 24.3. The third kappa shape index (κ3) is 6.27. The SMILES string of the molecule is CC(=O)c1cccc(NC(=O)Nc2cc3c(cc2CN2CCC(Cc4ccc(F)cc4)CC2)OCO3)c1. The summed E-state index contributed by atoms with van der Waals surface area (Å²) in [6.07, 6.45) is 3.06. The van der Waals surface area contributed by atoms with E-state index in [2.05, 4.69) is 15.5 Å². The molecular formula is C29H30FN3O4. The zero-order valence-corrected chi connectivity index (χ0v) is 20.8. The van der Waals surface area contributed by atoms with E-state index in [4.69, 9.17) is 9.47 Å². The molecule has 3 aromatic carbocycles. The lowest BCUT2D eigenvalue weighted by Gasteiger charge is -2.32. The first kappa shape index (κ1) is 24.8. The monoisotopic (exact) mass is 503 g/mol. The van der Waals surface area contributed by atoms with Crippen LogP contribution in [0.1, 0.15) is 41.3 Å². The summed E-state index contributed by atoms with van der Waals surface area (Å²) in [5.74, 6) is 1.55. The average Bonchev–Trinajstić information content (AvgIpc) is 3.34. The van der Waals surface area contributed by atoms with Crippen molar-refractivity contribution in [3.8, 4) is 11.5 Å². The molecule has 192 valence electrons. The number of fused-ring (bicyclic) bond motifs is 1. The molecule has 0 atom stereocenters. The quantitative estimate of drug-likeness (QED) is 0.395. The van der Waals surface area contributed by atoms with Gasteiger partial charge in [0.05, 0.1) is 5.69 Å². The lowest BCUT2D eigenvalue weighted by atomic mass is 9.90. The van der Waals surface area contributed by atoms with Gasteiger partial charge < -0.3 is 20.1 Å². The number of hydrogen-bond acceptors (Lipinski definition) is 5. The zero-order chi connectivity index (χ0) is 25.8. The van der Waals surface area contributed by atoms with Gasteiger partial charge in [0.15, 0.2) is 17.3 Å². The predicted octanol–water partition coefficient (Wildman–Crippen LogP) is 5.86. The number of likely N-dealkylation sites (tertiary alicyclic amines) is 1. The summed E-state index contributed by atoms with van der Waals surface area (Å²) in [6, 6.07) is 16.9. The van der Waals surface area contributed by atoms with Crippen LogP contribution in [-0.4, -0.2) is 36.6 Å². The Morgan fingerprint density at radius 2 is 1.70 bits per heavy atom. The molecule has 0 aromatic heterocycles. The van der Waals surface area contributed by atoms with Crippen molar-refractivity contribution in [1.29, 1.82) is 0 Å². The Balaban J connectivity index is 1.23. The van der Waals surface area contributed by atoms with E-state index in [1.807, 2.05) is 18.2 Å². The highest BCUT2D eigenvalue weighted by Gasteiger charge is 2.23. The van der Waals surface area contributed by atoms with Crippen LogP contribution in [0.4, 0.5) is 20.6 Å². The van der Waals surface area contributed by atoms with Crippen molar-refractivity contribution in [3.63, 3.8) is 0 Å². The van der Waals surface area contributed by atoms with Gasteiger partial charge in [-0.15, -0.1) is 0 Å². The minimum atomic E-state index is -0.404. The highest BCUT2D eigenvalue weighted by atomic mass is 19.1. The number of amides is 2. The van der Waals surface area contributed by atoms with Gasteiger partial charge in [0.2, 0.25) is 6.79 Å². The van der Waals surface area contributed by atoms with Gasteiger partial charge in [-0.2, -0.15) is 0 Å². The molecule has 0 radical (unpaired) electrons. The number of halogens is 1. The molecule has 0 saturated carbocycles. The Morgan fingerprint density at radius 3 is 2.43 bits per heavy atom. The van der Waals surface area contributed by atoms with Gasteiger partial charge in [-0.25, -0.2) is 9.18 Å². The largest absolute Gasteiger partial charge is 0.454 e. The minimum absolute atomic E-state index is 0.0662. The fourth-order valence-corrected chi connectivity index (χ4v) is 4.88. The van der Waals surface area contributed by atoms with E-state index in [9.17, 15) is 14.0 Å². The first-order valence-electron chi connectivity index (χ1n) is 12.5. The molecular weight excluding hydrogens is 473 g/mol. The highest BCUT2D eigenvalue weighted by molar-refractivity contribution is 6.02. The molecule has 2 aliphatic heterocycles. The Kier molecular flexibility index (Phi) is 7.37. The van der Waals surface area contributed by atoms with Crippen LogP contribution in [0.3, 0.4) is 0 Å². The van der Waals surface area contributed by atoms with E-state index in [1.54, 1.807) is 30.3 Å². The molecule has 1 saturated heterocycles. The normalized spacial score (nSPS) is 15.4. The van der Waals surface area contributed by atoms with Gasteiger partial charge >= 0.3 is 6.03 Å². The highest BCUT2D eigenvalue weighted by Crippen LogP contribution is 2.38. The van der Waals surface area contributed by atoms with Crippen molar-refractivity contribution in [1.82, 2.24) is 4.90 Å². The number of anilines is 2. The maximum absolute atomic E-state index is 13.2. The number of ether oxygens (including phenoxy) is 2. The van der Waals surface area contributed by atoms with E-state index >= 15 is 0 Å². The minimum Gasteiger partial charge on any atom is -0.454 e. The molecule has 0 aliphatic carbocycles. The van der Waals surface area contributed by atoms with Crippen LogP contribution in [0.5, 0.6) is 11.5 Å². The average molecular weight is 504 g/mol. The van der Waals surface area contributed by atoms with Crippen LogP contribution in [0, 0.1) is 11.7 Å². The maximum Gasteiger partial charge on any atom is 0.323 e. The van der Waals surface area contributed by atoms with Crippen molar-refractivity contribution in [2.24, 2.45) is 5.92 Å². The molecule has 7 nitrogen and oxygen atoms in total. The number of benzene rings is 3. The van der Waals surface area contributed by atoms with Crippen LogP contribution in [0.15, 0.2) is 60.7 Å². The molecule has 8 heteroatoms. The van der Waals surface area contributed by atoms with Crippen LogP contribution in [0.2, 0.25) is 0 Å². The van der Waals surface area contributed by atoms with Crippen molar-refractivity contribution in [3.05, 3.63) is 83.2 Å². The van der Waals surface area contributed by atoms with E-state index in [-0.39, 0.29) is 18.4 Å². The molecule has 2 amide bonds. The number of carbonyl (C=O) groups excluding carboxylic acids is 2. The molecule has 0 unspecified atom stereocenters. The van der Waals surface area contributed by atoms with Gasteiger partial charge in [-0.1, -0.05) is 24.3 Å². The summed E-state index contributed by atoms with van der Waals surface area (Å²) in [6.45, 7) is 4.17. The van der Waals surface area contributed by atoms with Crippen molar-refractivity contribution >= 4 is 23.2 Å². The van der Waals surface area contributed by atoms with Crippen molar-refractivity contribution < 1.29 is 23.5 Å². The molecule has 2 N–H and O–H groups in total. The zero-order valence-electron chi connectivity index (χ0n) is 20.8. The molecule has 3 aromatic rings. The van der Waals surface area contributed by atoms with E-state index in [0.717, 1.165) is 37.9 Å². The van der Waals surface area contributed by atoms with Gasteiger partial charge in [-0.3, -0.25) is 9.69 Å². The molecule has 1 fully saturated rings. The lowest BCUT2D eigenvalue weighted by molar-refractivity contribution is 0.101. The number of ketones is 1. The fraction of sp³-hybridized carbons (Fsp3) is 0.310. The third-order valence-corrected chi connectivity index (χ3v) is 6.91. The number of nitrogens with zero attached hydrogens (tertiary/aromatic N) is 1. The third-order valence-electron chi connectivity index (χ3n) is 6.91. The number of Topliss-reactive ketones (excluding diaryl/α,β-unsaturated/α-hetero) is 1. The summed E-state index contributed by atoms with van der Waals surface area (Å²) in [4.78, 5) is 26.9. The smallest absolute Gasteiger partial charge is 0.323 e. The molecule has 37 heavy (non-hydrogen) atoms. The first-order chi connectivity index (χ1) is 17.9. The standard InChI is InChI=1S/C29H30FN3O4/c1-19(34)22-3-2-4-25(14-22)31-29(35)32-26-16-28-27(36-18-37-28)15-23(26)17-33-11-9-21(10-12-33)13-20-5-7-24(30)8-6-20/h2-8,14-16,21H,9-13,17-18H2,1H3,(H2,31,32,35). The number of urea groups is 1. The number of hydrogen-bond donors (Lipinski definition) is 2. The Bertz CT molecular complexity index is 1290. The Labute approximate surface area is 215 Å². The summed E-state index contributed by atoms with van der Waals surface area (Å²) in [7, 11) is 0. The van der Waals surface area contributed by atoms with Gasteiger partial charge in [0.1, 0.15) is 5.82 Å². The Hall–Kier alpha value is -3.91. The van der Waals surface area contributed by atoms with Crippen LogP contribution < -0.4 is 20.1 Å². The van der Waals surface area contributed by atoms with Crippen LogP contribution >= 0.6 is 0 Å². The first-order valence-corrected chi connectivity index (χ1v) is 12.5. The van der Waals surface area contributed by atoms with E-state index < -0.39 is 6.03 Å². The van der Waals surface area contributed by atoms with Crippen LogP contribution in [-0.2, 0) is 13.0 Å². The van der Waals surface area contributed by atoms with Crippen molar-refractivity contribution in [2.75, 3.05) is 30.5 Å². The fourth-order valence-electron chi connectivity index (χ4n) is 4.88. The van der Waals surface area contributed by atoms with Crippen molar-refractivity contribution in [2.45, 2.75) is 32.7 Å². The number of carbonyl (C=O) groups is 2. The van der Waals surface area contributed by atoms with Gasteiger partial charge in [0.25, 0.3) is 0 Å². The maximum atomic E-state index is 13.2. The van der Waals surface area contributed by atoms with E-state index in [1.165, 1.54) is 24.6 Å². The predicted molar refractivity (Wildman–Crippen MR) is 140 cm³/mol. The van der Waals surface area contributed by atoms with Gasteiger partial charge in [0, 0.05) is 23.9 Å². The molecule has 2 aliphatic rings. The van der Waals surface area contributed by atoms with Gasteiger partial charge in [-0.05, 0) is 86.7 Å². The molecule has 5 rings (SSSR count). The second-order valence-electron chi connectivity index (χ2n) is 9.63. The summed E-state index contributed by atoms with van der Waals surface area (Å²) in [5, 5.41) is 5.75. The number of rotatable bonds is 7. The summed E-state index contributed by atoms with van der Waals surface area (Å²) >= 11 is 0. The second-order valence-corrected chi connectivity index (χ2v) is 9.63. The molecule has 0 spiro atoms. The van der Waals surface area contributed by atoms with E-state index in [0.29, 0.717) is 40.9 Å². The second kappa shape index (κ2) is 11.0. The lowest BCUT2D eigenvalue weighted by Crippen LogP contribution is -2.34. The molecule has 2 heterocycles. The summed E-state index contributed by atoms with van der Waals surface area (Å²) in [5.41, 5.74) is 3.83. The Morgan fingerprint density at radius 1 is 0.973 bits per heavy atom. The number of nitrogens with one attached hydrogen (secondary N) is 2. The molecule has 0 bridgehead atoms. The number of piperidine rings is 1.